The SMILES string of the molecule is CCCCCCCCC/C=C\CCCCCCCC(=O)NCCOP(=O)(O)OCC(O)COC(=O)CCCCCCCCCCCCCC. The van der Waals surface area contributed by atoms with E-state index < -0.39 is 26.5 Å². The summed E-state index contributed by atoms with van der Waals surface area (Å²) in [5.74, 6) is -0.520. The molecule has 0 aliphatic heterocycles. The van der Waals surface area contributed by atoms with E-state index in [2.05, 4.69) is 31.3 Å². The molecule has 0 heterocycles. The lowest BCUT2D eigenvalue weighted by atomic mass is 10.0. The summed E-state index contributed by atoms with van der Waals surface area (Å²) in [5, 5.41) is 12.6. The normalized spacial score (nSPS) is 13.5. The standard InChI is InChI=1S/C39H76NO8P/c1-3-5-7-9-11-13-15-17-18-19-20-21-23-25-27-29-31-38(42)40-33-34-47-49(44,45)48-36-37(41)35-46-39(43)32-30-28-26-24-22-16-14-12-10-8-6-4-2/h18-19,37,41H,3-17,20-36H2,1-2H3,(H,40,42)(H,44,45)/b19-18-. The van der Waals surface area contributed by atoms with E-state index in [1.165, 1.54) is 122 Å². The van der Waals surface area contributed by atoms with E-state index in [0.29, 0.717) is 6.42 Å². The highest BCUT2D eigenvalue weighted by Gasteiger charge is 2.23. The fraction of sp³-hybridized carbons (Fsp3) is 0.897. The Labute approximate surface area is 300 Å². The van der Waals surface area contributed by atoms with E-state index in [1.807, 2.05) is 0 Å². The first-order valence-corrected chi connectivity index (χ1v) is 21.7. The summed E-state index contributed by atoms with van der Waals surface area (Å²) in [4.78, 5) is 33.8. The highest BCUT2D eigenvalue weighted by atomic mass is 31.2. The van der Waals surface area contributed by atoms with Crippen molar-refractivity contribution in [3.63, 3.8) is 0 Å². The second kappa shape index (κ2) is 36.5. The molecular formula is C39H76NO8P. The van der Waals surface area contributed by atoms with Gasteiger partial charge in [0.15, 0.2) is 0 Å². The summed E-state index contributed by atoms with van der Waals surface area (Å²) in [5.41, 5.74) is 0. The van der Waals surface area contributed by atoms with Crippen LogP contribution in [0.3, 0.4) is 0 Å². The third kappa shape index (κ3) is 37.8. The molecule has 0 aromatic heterocycles. The number of rotatable bonds is 38. The molecule has 0 radical (unpaired) electrons. The molecule has 1 amide bonds. The molecule has 3 N–H and O–H groups in total. The van der Waals surface area contributed by atoms with Gasteiger partial charge in [-0.1, -0.05) is 154 Å². The molecule has 0 saturated carbocycles. The van der Waals surface area contributed by atoms with Crippen molar-refractivity contribution in [2.45, 2.75) is 200 Å². The first-order valence-electron chi connectivity index (χ1n) is 20.2. The van der Waals surface area contributed by atoms with Crippen LogP contribution in [-0.4, -0.2) is 54.3 Å². The molecule has 0 aliphatic carbocycles. The van der Waals surface area contributed by atoms with E-state index in [1.54, 1.807) is 0 Å². The molecule has 290 valence electrons. The van der Waals surface area contributed by atoms with Gasteiger partial charge in [-0.05, 0) is 38.5 Å². The van der Waals surface area contributed by atoms with Gasteiger partial charge >= 0.3 is 13.8 Å². The van der Waals surface area contributed by atoms with Crippen LogP contribution in [0.2, 0.25) is 0 Å². The van der Waals surface area contributed by atoms with Gasteiger partial charge in [0.05, 0.1) is 13.2 Å². The van der Waals surface area contributed by atoms with Crippen molar-refractivity contribution in [1.29, 1.82) is 0 Å². The maximum absolute atomic E-state index is 12.1. The number of phosphoric ester groups is 1. The quantitative estimate of drug-likeness (QED) is 0.0249. The number of carbonyl (C=O) groups is 2. The zero-order valence-corrected chi connectivity index (χ0v) is 32.5. The van der Waals surface area contributed by atoms with E-state index >= 15 is 0 Å². The van der Waals surface area contributed by atoms with Crippen LogP contribution >= 0.6 is 7.82 Å². The number of allylic oxidation sites excluding steroid dienone is 2. The molecule has 0 aromatic carbocycles. The Morgan fingerprint density at radius 1 is 0.612 bits per heavy atom. The van der Waals surface area contributed by atoms with Gasteiger partial charge in [-0.15, -0.1) is 0 Å². The van der Waals surface area contributed by atoms with E-state index in [9.17, 15) is 24.2 Å². The first kappa shape index (κ1) is 47.8. The van der Waals surface area contributed by atoms with Gasteiger partial charge in [-0.25, -0.2) is 4.57 Å². The molecule has 2 atom stereocenters. The molecule has 2 unspecified atom stereocenters. The Bertz CT molecular complexity index is 825. The number of phosphoric acid groups is 1. The lowest BCUT2D eigenvalue weighted by molar-refractivity contribution is -0.147. The number of unbranched alkanes of at least 4 members (excludes halogenated alkanes) is 23. The van der Waals surface area contributed by atoms with Crippen LogP contribution in [0.25, 0.3) is 0 Å². The Morgan fingerprint density at radius 3 is 1.53 bits per heavy atom. The Hall–Kier alpha value is -1.25. The Morgan fingerprint density at radius 2 is 1.04 bits per heavy atom. The van der Waals surface area contributed by atoms with Crippen molar-refractivity contribution >= 4 is 19.7 Å². The van der Waals surface area contributed by atoms with Gasteiger partial charge in [-0.2, -0.15) is 0 Å². The Kier molecular flexibility index (Phi) is 35.6. The van der Waals surface area contributed by atoms with Gasteiger partial charge in [0.2, 0.25) is 5.91 Å². The minimum atomic E-state index is -4.41. The van der Waals surface area contributed by atoms with E-state index in [0.717, 1.165) is 44.9 Å². The lowest BCUT2D eigenvalue weighted by Crippen LogP contribution is -2.27. The predicted octanol–water partition coefficient (Wildman–Crippen LogP) is 10.7. The van der Waals surface area contributed by atoms with Crippen LogP contribution in [0.15, 0.2) is 12.2 Å². The molecule has 9 nitrogen and oxygen atoms in total. The van der Waals surface area contributed by atoms with Crippen LogP contribution in [0.4, 0.5) is 0 Å². The van der Waals surface area contributed by atoms with Crippen LogP contribution in [0, 0.1) is 0 Å². The summed E-state index contributed by atoms with van der Waals surface area (Å²) in [6.07, 6.45) is 35.7. The fourth-order valence-corrected chi connectivity index (χ4v) is 6.37. The van der Waals surface area contributed by atoms with Crippen molar-refractivity contribution in [3.05, 3.63) is 12.2 Å². The number of nitrogens with one attached hydrogen (secondary N) is 1. The number of carbonyl (C=O) groups excluding carboxylic acids is 2. The summed E-state index contributed by atoms with van der Waals surface area (Å²) >= 11 is 0. The van der Waals surface area contributed by atoms with Crippen LogP contribution in [-0.2, 0) is 27.9 Å². The zero-order valence-electron chi connectivity index (χ0n) is 31.7. The summed E-state index contributed by atoms with van der Waals surface area (Å²) in [6, 6.07) is 0. The first-order chi connectivity index (χ1) is 23.8. The lowest BCUT2D eigenvalue weighted by Gasteiger charge is -2.15. The fourth-order valence-electron chi connectivity index (χ4n) is 5.61. The number of ether oxygens (including phenoxy) is 1. The van der Waals surface area contributed by atoms with Gasteiger partial charge in [0.1, 0.15) is 12.7 Å². The van der Waals surface area contributed by atoms with E-state index in [4.69, 9.17) is 13.8 Å². The monoisotopic (exact) mass is 718 g/mol. The van der Waals surface area contributed by atoms with Crippen molar-refractivity contribution in [3.8, 4) is 0 Å². The molecule has 0 aliphatic rings. The van der Waals surface area contributed by atoms with Gasteiger partial charge < -0.3 is 20.1 Å². The molecule has 49 heavy (non-hydrogen) atoms. The largest absolute Gasteiger partial charge is 0.472 e. The molecule has 0 rings (SSSR count). The average Bonchev–Trinajstić information content (AvgIpc) is 3.08. The van der Waals surface area contributed by atoms with Crippen molar-refractivity contribution in [2.75, 3.05) is 26.4 Å². The topological polar surface area (TPSA) is 131 Å². The van der Waals surface area contributed by atoms with E-state index in [-0.39, 0.29) is 32.1 Å². The Balaban J connectivity index is 3.60. The highest BCUT2D eigenvalue weighted by molar-refractivity contribution is 7.47. The summed E-state index contributed by atoms with van der Waals surface area (Å²) < 4.78 is 26.8. The molecule has 0 fully saturated rings. The zero-order chi connectivity index (χ0) is 36.1. The molecule has 0 bridgehead atoms. The number of hydrogen-bond acceptors (Lipinski definition) is 7. The maximum Gasteiger partial charge on any atom is 0.472 e. The minimum absolute atomic E-state index is 0.0806. The second-order valence-corrected chi connectivity index (χ2v) is 15.1. The maximum atomic E-state index is 12.1. The van der Waals surface area contributed by atoms with Gasteiger partial charge in [-0.3, -0.25) is 18.6 Å². The average molecular weight is 718 g/mol. The third-order valence-corrected chi connectivity index (χ3v) is 9.68. The van der Waals surface area contributed by atoms with Crippen molar-refractivity contribution in [2.24, 2.45) is 0 Å². The molecule has 0 saturated heterocycles. The minimum Gasteiger partial charge on any atom is -0.463 e. The number of esters is 1. The second-order valence-electron chi connectivity index (χ2n) is 13.6. The van der Waals surface area contributed by atoms with Crippen LogP contribution < -0.4 is 5.32 Å². The molecule has 0 aromatic rings. The summed E-state index contributed by atoms with van der Waals surface area (Å²) in [7, 11) is -4.41. The van der Waals surface area contributed by atoms with Crippen LogP contribution in [0.5, 0.6) is 0 Å². The van der Waals surface area contributed by atoms with Crippen LogP contribution in [0.1, 0.15) is 194 Å². The van der Waals surface area contributed by atoms with Gasteiger partial charge in [0.25, 0.3) is 0 Å². The highest BCUT2D eigenvalue weighted by Crippen LogP contribution is 2.42. The molecule has 10 heteroatoms. The number of aliphatic hydroxyl groups is 1. The summed E-state index contributed by atoms with van der Waals surface area (Å²) in [6.45, 7) is 3.54. The number of aliphatic hydroxyl groups excluding tert-OH is 1. The third-order valence-electron chi connectivity index (χ3n) is 8.70. The predicted molar refractivity (Wildman–Crippen MR) is 201 cm³/mol. The van der Waals surface area contributed by atoms with Crippen molar-refractivity contribution in [1.82, 2.24) is 5.32 Å². The van der Waals surface area contributed by atoms with Gasteiger partial charge in [0, 0.05) is 19.4 Å². The molecule has 0 spiro atoms. The molecular weight excluding hydrogens is 641 g/mol. The van der Waals surface area contributed by atoms with Crippen molar-refractivity contribution < 1.29 is 37.9 Å². The number of hydrogen-bond donors (Lipinski definition) is 3. The smallest absolute Gasteiger partial charge is 0.463 e. The number of amides is 1.